The summed E-state index contributed by atoms with van der Waals surface area (Å²) >= 11 is 0. The molecule has 0 aliphatic carbocycles. The second-order valence-corrected chi connectivity index (χ2v) is 7.97. The van der Waals surface area contributed by atoms with Gasteiger partial charge in [0.25, 0.3) is 0 Å². The molecular formula is C17H24N2O4S. The first-order chi connectivity index (χ1) is 11.3. The molecule has 0 saturated carbocycles. The van der Waals surface area contributed by atoms with Gasteiger partial charge in [-0.1, -0.05) is 38.8 Å². The van der Waals surface area contributed by atoms with Gasteiger partial charge in [0.1, 0.15) is 0 Å². The lowest BCUT2D eigenvalue weighted by Crippen LogP contribution is -2.35. The number of fused-ring (bicyclic) bond motifs is 1. The fourth-order valence-electron chi connectivity index (χ4n) is 2.82. The van der Waals surface area contributed by atoms with Gasteiger partial charge in [-0.15, -0.1) is 0 Å². The molecule has 1 aliphatic rings. The van der Waals surface area contributed by atoms with Crippen molar-refractivity contribution in [1.82, 2.24) is 4.72 Å². The molecule has 0 spiro atoms. The zero-order chi connectivity index (χ0) is 17.7. The van der Waals surface area contributed by atoms with Gasteiger partial charge in [0, 0.05) is 12.1 Å². The number of carbonyl (C=O) groups excluding carboxylic acids is 2. The van der Waals surface area contributed by atoms with Crippen LogP contribution in [-0.4, -0.2) is 26.0 Å². The summed E-state index contributed by atoms with van der Waals surface area (Å²) in [6.45, 7) is 3.88. The molecule has 1 heterocycles. The third kappa shape index (κ3) is 5.06. The summed E-state index contributed by atoms with van der Waals surface area (Å²) in [5.41, 5.74) is 2.47. The van der Waals surface area contributed by atoms with E-state index in [4.69, 9.17) is 0 Å². The van der Waals surface area contributed by atoms with Crippen molar-refractivity contribution in [2.75, 3.05) is 11.1 Å². The van der Waals surface area contributed by atoms with E-state index in [0.717, 1.165) is 29.7 Å². The Bertz CT molecular complexity index is 724. The standard InChI is InChI=1S/C17H24N2O4S/c1-3-12(4-2)11-24(22,23)19-17(21)10-13-5-7-15-14(9-13)6-8-16(20)18-15/h5,7,9,12H,3-4,6,8,10-11H2,1-2H3,(H,18,20)(H,19,21). The number of sulfonamides is 1. The van der Waals surface area contributed by atoms with Crippen LogP contribution in [0.1, 0.15) is 44.2 Å². The highest BCUT2D eigenvalue weighted by Crippen LogP contribution is 2.23. The number of aryl methyl sites for hydroxylation is 1. The van der Waals surface area contributed by atoms with E-state index in [-0.39, 0.29) is 24.0 Å². The number of benzene rings is 1. The molecule has 132 valence electrons. The SMILES string of the molecule is CCC(CC)CS(=O)(=O)NC(=O)Cc1ccc2c(c1)CCC(=O)N2. The molecule has 1 aliphatic heterocycles. The van der Waals surface area contributed by atoms with Gasteiger partial charge in [-0.05, 0) is 29.5 Å². The molecule has 0 atom stereocenters. The lowest BCUT2D eigenvalue weighted by molar-refractivity contribution is -0.119. The maximum atomic E-state index is 12.0. The van der Waals surface area contributed by atoms with E-state index in [1.54, 1.807) is 12.1 Å². The summed E-state index contributed by atoms with van der Waals surface area (Å²) in [5.74, 6) is -0.508. The van der Waals surface area contributed by atoms with Gasteiger partial charge in [0.15, 0.2) is 0 Å². The highest BCUT2D eigenvalue weighted by atomic mass is 32.2. The first kappa shape index (κ1) is 18.4. The lowest BCUT2D eigenvalue weighted by Gasteiger charge is -2.17. The van der Waals surface area contributed by atoms with E-state index in [1.165, 1.54) is 0 Å². The molecule has 7 heteroatoms. The van der Waals surface area contributed by atoms with E-state index < -0.39 is 15.9 Å². The summed E-state index contributed by atoms with van der Waals surface area (Å²) in [4.78, 5) is 23.4. The largest absolute Gasteiger partial charge is 0.326 e. The second-order valence-electron chi connectivity index (χ2n) is 6.21. The minimum Gasteiger partial charge on any atom is -0.326 e. The van der Waals surface area contributed by atoms with Crippen LogP contribution in [0.4, 0.5) is 5.69 Å². The average molecular weight is 352 g/mol. The highest BCUT2D eigenvalue weighted by Gasteiger charge is 2.20. The Hall–Kier alpha value is -1.89. The molecule has 0 radical (unpaired) electrons. The lowest BCUT2D eigenvalue weighted by atomic mass is 9.99. The fraction of sp³-hybridized carbons (Fsp3) is 0.529. The normalized spacial score (nSPS) is 14.2. The predicted molar refractivity (Wildman–Crippen MR) is 93.1 cm³/mol. The van der Waals surface area contributed by atoms with Crippen molar-refractivity contribution in [2.45, 2.75) is 46.0 Å². The maximum absolute atomic E-state index is 12.0. The molecule has 0 fully saturated rings. The van der Waals surface area contributed by atoms with Gasteiger partial charge < -0.3 is 5.32 Å². The first-order valence-corrected chi connectivity index (χ1v) is 9.93. The fourth-order valence-corrected chi connectivity index (χ4v) is 4.41. The molecular weight excluding hydrogens is 328 g/mol. The molecule has 2 N–H and O–H groups in total. The van der Waals surface area contributed by atoms with Gasteiger partial charge in [-0.2, -0.15) is 0 Å². The van der Waals surface area contributed by atoms with E-state index in [9.17, 15) is 18.0 Å². The van der Waals surface area contributed by atoms with Crippen LogP contribution in [0.5, 0.6) is 0 Å². The Kier molecular flexibility index (Phi) is 5.99. The Labute approximate surface area is 143 Å². The van der Waals surface area contributed by atoms with Gasteiger partial charge in [-0.3, -0.25) is 14.3 Å². The van der Waals surface area contributed by atoms with Crippen LogP contribution < -0.4 is 10.0 Å². The Morgan fingerprint density at radius 1 is 1.25 bits per heavy atom. The molecule has 0 bridgehead atoms. The zero-order valence-electron chi connectivity index (χ0n) is 14.1. The minimum atomic E-state index is -3.61. The number of anilines is 1. The summed E-state index contributed by atoms with van der Waals surface area (Å²) in [7, 11) is -3.61. The van der Waals surface area contributed by atoms with Crippen LogP contribution in [0.25, 0.3) is 0 Å². The van der Waals surface area contributed by atoms with Crippen LogP contribution in [0.15, 0.2) is 18.2 Å². The monoisotopic (exact) mass is 352 g/mol. The quantitative estimate of drug-likeness (QED) is 0.785. The van der Waals surface area contributed by atoms with E-state index in [1.807, 2.05) is 19.9 Å². The molecule has 0 unspecified atom stereocenters. The van der Waals surface area contributed by atoms with E-state index >= 15 is 0 Å². The van der Waals surface area contributed by atoms with Gasteiger partial charge in [0.2, 0.25) is 21.8 Å². The molecule has 1 aromatic carbocycles. The van der Waals surface area contributed by atoms with Crippen molar-refractivity contribution >= 4 is 27.5 Å². The van der Waals surface area contributed by atoms with Crippen LogP contribution in [0.3, 0.4) is 0 Å². The van der Waals surface area contributed by atoms with Crippen LogP contribution in [-0.2, 0) is 32.5 Å². The Balaban J connectivity index is 1.98. The van der Waals surface area contributed by atoms with Gasteiger partial charge >= 0.3 is 0 Å². The zero-order valence-corrected chi connectivity index (χ0v) is 14.9. The highest BCUT2D eigenvalue weighted by molar-refractivity contribution is 7.90. The van der Waals surface area contributed by atoms with Gasteiger partial charge in [-0.25, -0.2) is 8.42 Å². The van der Waals surface area contributed by atoms with Crippen molar-refractivity contribution < 1.29 is 18.0 Å². The average Bonchev–Trinajstić information content (AvgIpc) is 2.52. The smallest absolute Gasteiger partial charge is 0.237 e. The number of carbonyl (C=O) groups is 2. The molecule has 0 aromatic heterocycles. The molecule has 6 nitrogen and oxygen atoms in total. The number of hydrogen-bond acceptors (Lipinski definition) is 4. The Morgan fingerprint density at radius 2 is 1.96 bits per heavy atom. The van der Waals surface area contributed by atoms with E-state index in [2.05, 4.69) is 10.0 Å². The molecule has 2 amide bonds. The summed E-state index contributed by atoms with van der Waals surface area (Å²) in [6.07, 6.45) is 2.59. The molecule has 24 heavy (non-hydrogen) atoms. The molecule has 0 saturated heterocycles. The van der Waals surface area contributed by atoms with Crippen molar-refractivity contribution in [1.29, 1.82) is 0 Å². The van der Waals surface area contributed by atoms with Crippen LogP contribution in [0.2, 0.25) is 0 Å². The van der Waals surface area contributed by atoms with E-state index in [0.29, 0.717) is 12.8 Å². The summed E-state index contributed by atoms with van der Waals surface area (Å²) in [6, 6.07) is 5.34. The summed E-state index contributed by atoms with van der Waals surface area (Å²) < 4.78 is 26.3. The van der Waals surface area contributed by atoms with Crippen molar-refractivity contribution in [2.24, 2.45) is 5.92 Å². The van der Waals surface area contributed by atoms with Gasteiger partial charge in [0.05, 0.1) is 12.2 Å². The third-order valence-corrected chi connectivity index (χ3v) is 5.76. The minimum absolute atomic E-state index is 0.00335. The molecule has 1 aromatic rings. The summed E-state index contributed by atoms with van der Waals surface area (Å²) in [5, 5.41) is 2.78. The number of rotatable bonds is 7. The van der Waals surface area contributed by atoms with Crippen molar-refractivity contribution in [3.05, 3.63) is 29.3 Å². The van der Waals surface area contributed by atoms with Crippen molar-refractivity contribution in [3.63, 3.8) is 0 Å². The predicted octanol–water partition coefficient (Wildman–Crippen LogP) is 2.00. The number of amides is 2. The topological polar surface area (TPSA) is 92.3 Å². The second kappa shape index (κ2) is 7.79. The third-order valence-electron chi connectivity index (χ3n) is 4.31. The Morgan fingerprint density at radius 3 is 2.62 bits per heavy atom. The van der Waals surface area contributed by atoms with Crippen LogP contribution in [0, 0.1) is 5.92 Å². The van der Waals surface area contributed by atoms with Crippen molar-refractivity contribution in [3.8, 4) is 0 Å². The number of hydrogen-bond donors (Lipinski definition) is 2. The first-order valence-electron chi connectivity index (χ1n) is 8.28. The maximum Gasteiger partial charge on any atom is 0.237 e. The van der Waals surface area contributed by atoms with Crippen LogP contribution >= 0.6 is 0 Å². The molecule has 2 rings (SSSR count). The number of nitrogens with one attached hydrogen (secondary N) is 2.